The number of rotatable bonds is 10. The second kappa shape index (κ2) is 11.4. The van der Waals surface area contributed by atoms with Gasteiger partial charge in [0, 0.05) is 6.42 Å². The van der Waals surface area contributed by atoms with Gasteiger partial charge >= 0.3 is 0 Å². The van der Waals surface area contributed by atoms with E-state index in [2.05, 4.69) is 5.32 Å². The molecule has 0 aliphatic heterocycles. The highest BCUT2D eigenvalue weighted by Crippen LogP contribution is 2.32. The van der Waals surface area contributed by atoms with Crippen LogP contribution in [-0.4, -0.2) is 17.9 Å². The molecule has 0 aliphatic rings. The van der Waals surface area contributed by atoms with Crippen molar-refractivity contribution in [2.45, 2.75) is 31.4 Å². The average Bonchev–Trinajstić information content (AvgIpc) is 2.92. The third-order valence-corrected chi connectivity index (χ3v) is 6.39. The molecule has 2 amide bonds. The smallest absolute Gasteiger partial charge is 0.240 e. The molecule has 0 saturated heterocycles. The third-order valence-electron chi connectivity index (χ3n) is 6.39. The van der Waals surface area contributed by atoms with E-state index in [0.29, 0.717) is 12.4 Å². The fraction of sp³-hybridized carbons (Fsp3) is 0.161. The van der Waals surface area contributed by atoms with Crippen LogP contribution in [0.1, 0.15) is 29.2 Å². The monoisotopic (exact) mass is 478 g/mol. The van der Waals surface area contributed by atoms with E-state index < -0.39 is 17.4 Å². The van der Waals surface area contributed by atoms with Gasteiger partial charge in [0.2, 0.25) is 11.8 Å². The number of nitrogens with two attached hydrogens (primary N) is 1. The summed E-state index contributed by atoms with van der Waals surface area (Å²) in [5.41, 5.74) is 8.29. The Kier molecular flexibility index (Phi) is 7.81. The number of nitrogens with one attached hydrogen (secondary N) is 1. The molecule has 0 fully saturated rings. The van der Waals surface area contributed by atoms with Crippen LogP contribution in [0, 0.1) is 0 Å². The number of ether oxygens (including phenoxy) is 1. The Morgan fingerprint density at radius 1 is 0.778 bits per heavy atom. The summed E-state index contributed by atoms with van der Waals surface area (Å²) in [6, 6.07) is 35.6. The van der Waals surface area contributed by atoms with Crippen LogP contribution in [0.2, 0.25) is 0 Å². The van der Waals surface area contributed by atoms with Crippen molar-refractivity contribution in [1.29, 1.82) is 0 Å². The van der Waals surface area contributed by atoms with Gasteiger partial charge in [-0.1, -0.05) is 103 Å². The first-order valence-corrected chi connectivity index (χ1v) is 11.9. The van der Waals surface area contributed by atoms with Gasteiger partial charge in [0.05, 0.1) is 5.41 Å². The van der Waals surface area contributed by atoms with Crippen LogP contribution in [-0.2, 0) is 28.0 Å². The van der Waals surface area contributed by atoms with Gasteiger partial charge in [-0.15, -0.1) is 0 Å². The number of carbonyl (C=O) groups excluding carboxylic acids is 2. The van der Waals surface area contributed by atoms with E-state index in [1.165, 1.54) is 0 Å². The zero-order valence-corrected chi connectivity index (χ0v) is 20.3. The lowest BCUT2D eigenvalue weighted by molar-refractivity contribution is -0.129. The van der Waals surface area contributed by atoms with E-state index in [1.54, 1.807) is 0 Å². The molecule has 0 unspecified atom stereocenters. The molecule has 4 aromatic rings. The predicted octanol–water partition coefficient (Wildman–Crippen LogP) is 4.78. The van der Waals surface area contributed by atoms with Crippen LogP contribution >= 0.6 is 0 Å². The fourth-order valence-electron chi connectivity index (χ4n) is 4.24. The molecule has 0 aromatic heterocycles. The molecule has 0 heterocycles. The summed E-state index contributed by atoms with van der Waals surface area (Å²) in [5.74, 6) is -0.202. The summed E-state index contributed by atoms with van der Waals surface area (Å²) in [4.78, 5) is 26.2. The molecular formula is C31H30N2O3. The minimum Gasteiger partial charge on any atom is -0.489 e. The Balaban J connectivity index is 1.53. The molecule has 4 rings (SSSR count). The second-order valence-electron chi connectivity index (χ2n) is 8.91. The number of hydrogen-bond acceptors (Lipinski definition) is 3. The topological polar surface area (TPSA) is 81.4 Å². The molecule has 182 valence electrons. The quantitative estimate of drug-likeness (QED) is 0.344. The molecule has 0 saturated carbocycles. The summed E-state index contributed by atoms with van der Waals surface area (Å²) in [7, 11) is 0. The Labute approximate surface area is 211 Å². The van der Waals surface area contributed by atoms with Gasteiger partial charge in [-0.05, 0) is 41.3 Å². The Morgan fingerprint density at radius 3 is 1.86 bits per heavy atom. The Morgan fingerprint density at radius 2 is 1.31 bits per heavy atom. The lowest BCUT2D eigenvalue weighted by Gasteiger charge is -2.31. The van der Waals surface area contributed by atoms with Gasteiger partial charge in [0.15, 0.2) is 0 Å². The number of hydrogen-bond donors (Lipinski definition) is 2. The van der Waals surface area contributed by atoms with Gasteiger partial charge in [-0.3, -0.25) is 9.59 Å². The van der Waals surface area contributed by atoms with Gasteiger partial charge in [0.1, 0.15) is 18.4 Å². The lowest BCUT2D eigenvalue weighted by Crippen LogP contribution is -2.52. The highest BCUT2D eigenvalue weighted by molar-refractivity contribution is 5.95. The molecule has 0 spiro atoms. The molecule has 36 heavy (non-hydrogen) atoms. The van der Waals surface area contributed by atoms with Gasteiger partial charge in [-0.2, -0.15) is 0 Å². The maximum atomic E-state index is 13.8. The van der Waals surface area contributed by atoms with E-state index in [4.69, 9.17) is 10.5 Å². The van der Waals surface area contributed by atoms with E-state index in [-0.39, 0.29) is 12.3 Å². The van der Waals surface area contributed by atoms with E-state index >= 15 is 0 Å². The van der Waals surface area contributed by atoms with Crippen molar-refractivity contribution in [3.63, 3.8) is 0 Å². The maximum absolute atomic E-state index is 13.8. The zero-order chi connectivity index (χ0) is 25.4. The lowest BCUT2D eigenvalue weighted by atomic mass is 9.75. The minimum atomic E-state index is -1.00. The highest BCUT2D eigenvalue weighted by Gasteiger charge is 2.38. The number of benzene rings is 4. The number of amides is 2. The summed E-state index contributed by atoms with van der Waals surface area (Å²) in [5, 5.41) is 2.93. The van der Waals surface area contributed by atoms with Gasteiger partial charge in [-0.25, -0.2) is 0 Å². The van der Waals surface area contributed by atoms with Crippen molar-refractivity contribution < 1.29 is 14.3 Å². The molecule has 1 atom stereocenters. The van der Waals surface area contributed by atoms with Crippen LogP contribution < -0.4 is 15.8 Å². The molecule has 0 bridgehead atoms. The van der Waals surface area contributed by atoms with E-state index in [1.807, 2.05) is 122 Å². The summed E-state index contributed by atoms with van der Waals surface area (Å²) >= 11 is 0. The molecule has 5 heteroatoms. The summed E-state index contributed by atoms with van der Waals surface area (Å²) < 4.78 is 5.92. The molecule has 0 aliphatic carbocycles. The summed E-state index contributed by atoms with van der Waals surface area (Å²) in [6.07, 6.45) is 0.253. The van der Waals surface area contributed by atoms with Crippen LogP contribution in [0.3, 0.4) is 0 Å². The van der Waals surface area contributed by atoms with E-state index in [9.17, 15) is 9.59 Å². The molecule has 5 nitrogen and oxygen atoms in total. The minimum absolute atomic E-state index is 0.253. The summed E-state index contributed by atoms with van der Waals surface area (Å²) in [6.45, 7) is 2.30. The van der Waals surface area contributed by atoms with Crippen LogP contribution in [0.15, 0.2) is 115 Å². The highest BCUT2D eigenvalue weighted by atomic mass is 16.5. The first-order chi connectivity index (χ1) is 17.5. The predicted molar refractivity (Wildman–Crippen MR) is 141 cm³/mol. The SMILES string of the molecule is CC(C(=O)N[C@H](Cc1cccc(OCc2ccccc2)c1)C(N)=O)(c1ccccc1)c1ccccc1. The van der Waals surface area contributed by atoms with Crippen molar-refractivity contribution in [3.05, 3.63) is 138 Å². The van der Waals surface area contributed by atoms with Crippen LogP contribution in [0.25, 0.3) is 0 Å². The van der Waals surface area contributed by atoms with Gasteiger partial charge in [0.25, 0.3) is 0 Å². The fourth-order valence-corrected chi connectivity index (χ4v) is 4.24. The molecule has 3 N–H and O–H groups in total. The van der Waals surface area contributed by atoms with Crippen molar-refractivity contribution in [3.8, 4) is 5.75 Å². The first kappa shape index (κ1) is 24.7. The second-order valence-corrected chi connectivity index (χ2v) is 8.91. The third kappa shape index (κ3) is 5.81. The number of carbonyl (C=O) groups is 2. The van der Waals surface area contributed by atoms with Crippen molar-refractivity contribution in [2.75, 3.05) is 0 Å². The van der Waals surface area contributed by atoms with Crippen molar-refractivity contribution in [2.24, 2.45) is 5.73 Å². The van der Waals surface area contributed by atoms with Crippen LogP contribution in [0.4, 0.5) is 0 Å². The largest absolute Gasteiger partial charge is 0.489 e. The Hall–Kier alpha value is -4.38. The average molecular weight is 479 g/mol. The zero-order valence-electron chi connectivity index (χ0n) is 20.3. The van der Waals surface area contributed by atoms with Crippen molar-refractivity contribution >= 4 is 11.8 Å². The first-order valence-electron chi connectivity index (χ1n) is 11.9. The van der Waals surface area contributed by atoms with Crippen LogP contribution in [0.5, 0.6) is 5.75 Å². The van der Waals surface area contributed by atoms with Gasteiger partial charge < -0.3 is 15.8 Å². The normalized spacial score (nSPS) is 11.9. The molecule has 4 aromatic carbocycles. The molecular weight excluding hydrogens is 448 g/mol. The van der Waals surface area contributed by atoms with E-state index in [0.717, 1.165) is 22.3 Å². The Bertz CT molecular complexity index is 1250. The maximum Gasteiger partial charge on any atom is 0.240 e. The molecule has 0 radical (unpaired) electrons. The number of primary amides is 1. The van der Waals surface area contributed by atoms with Crippen molar-refractivity contribution in [1.82, 2.24) is 5.32 Å². The standard InChI is InChI=1S/C31H30N2O3/c1-31(25-15-7-3-8-16-25,26-17-9-4-10-18-26)30(35)33-28(29(32)34)21-24-14-11-19-27(20-24)36-22-23-12-5-2-6-13-23/h2-20,28H,21-22H2,1H3,(H2,32,34)(H,33,35)/t28-/m1/s1.